The molecule has 0 saturated carbocycles. The fraction of sp³-hybridized carbons (Fsp3) is 0. The van der Waals surface area contributed by atoms with Gasteiger partial charge in [0.05, 0.1) is 5.56 Å². The van der Waals surface area contributed by atoms with Crippen molar-refractivity contribution in [3.05, 3.63) is 52.1 Å². The van der Waals surface area contributed by atoms with Gasteiger partial charge >= 0.3 is 5.97 Å². The Kier molecular flexibility index (Phi) is 3.33. The first kappa shape index (κ1) is 12.4. The van der Waals surface area contributed by atoms with Crippen LogP contribution < -0.4 is 10.9 Å². The maximum Gasteiger partial charge on any atom is 0.337 e. The summed E-state index contributed by atoms with van der Waals surface area (Å²) < 4.78 is 0. The maximum absolute atomic E-state index is 11.7. The number of rotatable bonds is 3. The number of anilines is 1. The number of nitrogens with one attached hydrogen (secondary N) is 2. The number of amides is 1. The van der Waals surface area contributed by atoms with E-state index in [1.54, 1.807) is 0 Å². The minimum absolute atomic E-state index is 0.0151. The minimum atomic E-state index is -1.12. The van der Waals surface area contributed by atoms with Crippen LogP contribution in [0.2, 0.25) is 0 Å². The van der Waals surface area contributed by atoms with E-state index >= 15 is 0 Å². The highest BCUT2D eigenvalue weighted by molar-refractivity contribution is 6.02. The number of pyridine rings is 1. The summed E-state index contributed by atoms with van der Waals surface area (Å²) in [6, 6.07) is 5.10. The van der Waals surface area contributed by atoms with Crippen LogP contribution in [0.5, 0.6) is 0 Å². The zero-order valence-corrected chi connectivity index (χ0v) is 9.45. The van der Waals surface area contributed by atoms with Gasteiger partial charge in [0.15, 0.2) is 5.82 Å². The molecular weight excluding hydrogens is 252 g/mol. The summed E-state index contributed by atoms with van der Waals surface area (Å²) in [6.45, 7) is 0. The van der Waals surface area contributed by atoms with Crippen molar-refractivity contribution in [2.24, 2.45) is 0 Å². The Morgan fingerprint density at radius 1 is 1.21 bits per heavy atom. The number of carbonyl (C=O) groups excluding carboxylic acids is 1. The zero-order chi connectivity index (χ0) is 13.8. The summed E-state index contributed by atoms with van der Waals surface area (Å²) in [4.78, 5) is 36.8. The number of carboxylic acids is 1. The molecule has 0 radical (unpaired) electrons. The number of aromatic amines is 1. The highest BCUT2D eigenvalue weighted by Gasteiger charge is 2.10. The molecule has 2 heterocycles. The predicted octanol–water partition coefficient (Wildman–Crippen LogP) is 0.115. The number of nitrogens with zero attached hydrogens (tertiary/aromatic N) is 2. The molecule has 0 atom stereocenters. The van der Waals surface area contributed by atoms with Gasteiger partial charge in [-0.3, -0.25) is 14.6 Å². The number of aromatic nitrogens is 3. The Morgan fingerprint density at radius 3 is 2.53 bits per heavy atom. The van der Waals surface area contributed by atoms with Crippen LogP contribution in [0.3, 0.4) is 0 Å². The molecule has 0 aliphatic carbocycles. The van der Waals surface area contributed by atoms with Crippen molar-refractivity contribution in [2.45, 2.75) is 0 Å². The first-order valence-electron chi connectivity index (χ1n) is 5.13. The fourth-order valence-corrected chi connectivity index (χ4v) is 1.25. The number of carboxylic acid groups (broad SMARTS) is 1. The van der Waals surface area contributed by atoms with E-state index < -0.39 is 11.9 Å². The Bertz CT molecular complexity index is 657. The van der Waals surface area contributed by atoms with E-state index in [0.29, 0.717) is 0 Å². The standard InChI is InChI=1S/C11H8N4O4/c16-9-4-3-8(14-15-9)13-10(17)7-2-1-6(5-12-7)11(18)19/h1-5H,(H,15,16)(H,18,19)(H,13,14,17). The molecule has 3 N–H and O–H groups in total. The SMILES string of the molecule is O=C(O)c1ccc(C(=O)Nc2ccc(=O)[nH]n2)nc1. The third-order valence-electron chi connectivity index (χ3n) is 2.16. The molecule has 8 heteroatoms. The monoisotopic (exact) mass is 260 g/mol. The second kappa shape index (κ2) is 5.08. The second-order valence-electron chi connectivity index (χ2n) is 3.50. The summed E-state index contributed by atoms with van der Waals surface area (Å²) in [5, 5.41) is 16.9. The smallest absolute Gasteiger partial charge is 0.337 e. The van der Waals surface area contributed by atoms with Gasteiger partial charge in [-0.25, -0.2) is 9.89 Å². The van der Waals surface area contributed by atoms with E-state index in [4.69, 9.17) is 5.11 Å². The molecule has 96 valence electrons. The molecule has 1 amide bonds. The summed E-state index contributed by atoms with van der Waals surface area (Å²) >= 11 is 0. The maximum atomic E-state index is 11.7. The van der Waals surface area contributed by atoms with Gasteiger partial charge in [-0.05, 0) is 18.2 Å². The van der Waals surface area contributed by atoms with Crippen LogP contribution in [0.25, 0.3) is 0 Å². The highest BCUT2D eigenvalue weighted by Crippen LogP contribution is 2.04. The Morgan fingerprint density at radius 2 is 2.00 bits per heavy atom. The summed E-state index contributed by atoms with van der Waals surface area (Å²) in [7, 11) is 0. The van der Waals surface area contributed by atoms with Gasteiger partial charge in [-0.1, -0.05) is 0 Å². The van der Waals surface area contributed by atoms with Gasteiger partial charge in [0.25, 0.3) is 11.5 Å². The van der Waals surface area contributed by atoms with E-state index in [1.165, 1.54) is 24.3 Å². The molecule has 0 aliphatic heterocycles. The lowest BCUT2D eigenvalue weighted by atomic mass is 10.2. The fourth-order valence-electron chi connectivity index (χ4n) is 1.25. The van der Waals surface area contributed by atoms with Crippen molar-refractivity contribution in [3.8, 4) is 0 Å². The summed E-state index contributed by atoms with van der Waals surface area (Å²) in [5.74, 6) is -1.52. The molecule has 0 aromatic carbocycles. The molecule has 19 heavy (non-hydrogen) atoms. The van der Waals surface area contributed by atoms with E-state index in [9.17, 15) is 14.4 Å². The van der Waals surface area contributed by atoms with Crippen molar-refractivity contribution < 1.29 is 14.7 Å². The molecule has 8 nitrogen and oxygen atoms in total. The molecule has 0 spiro atoms. The van der Waals surface area contributed by atoms with Crippen molar-refractivity contribution >= 4 is 17.7 Å². The van der Waals surface area contributed by atoms with Crippen molar-refractivity contribution in [3.63, 3.8) is 0 Å². The quantitative estimate of drug-likeness (QED) is 0.719. The van der Waals surface area contributed by atoms with Crippen molar-refractivity contribution in [1.82, 2.24) is 15.2 Å². The second-order valence-corrected chi connectivity index (χ2v) is 3.50. The van der Waals surface area contributed by atoms with Crippen LogP contribution in [-0.2, 0) is 0 Å². The van der Waals surface area contributed by atoms with E-state index in [2.05, 4.69) is 20.5 Å². The van der Waals surface area contributed by atoms with Gasteiger partial charge < -0.3 is 10.4 Å². The number of aromatic carboxylic acids is 1. The van der Waals surface area contributed by atoms with Gasteiger partial charge in [0.2, 0.25) is 0 Å². The van der Waals surface area contributed by atoms with Gasteiger partial charge in [-0.2, -0.15) is 5.10 Å². The molecule has 2 aromatic heterocycles. The predicted molar refractivity (Wildman–Crippen MR) is 64.0 cm³/mol. The molecule has 0 unspecified atom stereocenters. The van der Waals surface area contributed by atoms with Gasteiger partial charge in [-0.15, -0.1) is 0 Å². The first-order chi connectivity index (χ1) is 9.06. The third kappa shape index (κ3) is 3.00. The molecule has 0 saturated heterocycles. The Hall–Kier alpha value is -3.03. The molecular formula is C11H8N4O4. The average molecular weight is 260 g/mol. The normalized spacial score (nSPS) is 9.89. The lowest BCUT2D eigenvalue weighted by molar-refractivity contribution is 0.0696. The largest absolute Gasteiger partial charge is 0.478 e. The molecule has 2 rings (SSSR count). The minimum Gasteiger partial charge on any atom is -0.478 e. The third-order valence-corrected chi connectivity index (χ3v) is 2.16. The molecule has 0 fully saturated rings. The van der Waals surface area contributed by atoms with Crippen LogP contribution >= 0.6 is 0 Å². The zero-order valence-electron chi connectivity index (χ0n) is 9.45. The van der Waals surface area contributed by atoms with E-state index in [1.807, 2.05) is 0 Å². The molecule has 0 bridgehead atoms. The van der Waals surface area contributed by atoms with Gasteiger partial charge in [0, 0.05) is 12.3 Å². The van der Waals surface area contributed by atoms with Crippen molar-refractivity contribution in [2.75, 3.05) is 5.32 Å². The van der Waals surface area contributed by atoms with E-state index in [0.717, 1.165) is 6.20 Å². The topological polar surface area (TPSA) is 125 Å². The van der Waals surface area contributed by atoms with E-state index in [-0.39, 0.29) is 22.6 Å². The van der Waals surface area contributed by atoms with Gasteiger partial charge in [0.1, 0.15) is 5.69 Å². The van der Waals surface area contributed by atoms with Crippen molar-refractivity contribution in [1.29, 1.82) is 0 Å². The van der Waals surface area contributed by atoms with Crippen LogP contribution in [0.15, 0.2) is 35.3 Å². The first-order valence-corrected chi connectivity index (χ1v) is 5.13. The number of hydrogen-bond acceptors (Lipinski definition) is 5. The molecule has 2 aromatic rings. The Balaban J connectivity index is 2.13. The van der Waals surface area contributed by atoms with Crippen LogP contribution in [0.4, 0.5) is 5.82 Å². The lowest BCUT2D eigenvalue weighted by Crippen LogP contribution is -2.17. The number of H-pyrrole nitrogens is 1. The molecule has 0 aliphatic rings. The summed E-state index contributed by atoms with van der Waals surface area (Å²) in [5.41, 5.74) is -0.362. The van der Waals surface area contributed by atoms with Crippen LogP contribution in [0.1, 0.15) is 20.8 Å². The summed E-state index contributed by atoms with van der Waals surface area (Å²) in [6.07, 6.45) is 1.08. The number of carbonyl (C=O) groups is 2. The number of hydrogen-bond donors (Lipinski definition) is 3. The van der Waals surface area contributed by atoms with Crippen LogP contribution in [-0.4, -0.2) is 32.2 Å². The highest BCUT2D eigenvalue weighted by atomic mass is 16.4. The lowest BCUT2D eigenvalue weighted by Gasteiger charge is -2.02. The van der Waals surface area contributed by atoms with Crippen LogP contribution in [0, 0.1) is 0 Å². The Labute approximate surface area is 106 Å². The average Bonchev–Trinajstić information content (AvgIpc) is 2.41.